The van der Waals surface area contributed by atoms with E-state index in [2.05, 4.69) is 26.9 Å². The molecule has 4 rings (SSSR count). The van der Waals surface area contributed by atoms with Gasteiger partial charge < -0.3 is 19.5 Å². The number of carboxylic acids is 1. The number of likely N-dealkylation sites (tertiary alicyclic amines) is 1. The van der Waals surface area contributed by atoms with Gasteiger partial charge in [0, 0.05) is 38.6 Å². The van der Waals surface area contributed by atoms with Crippen molar-refractivity contribution in [3.8, 4) is 11.5 Å². The molecule has 30 heavy (non-hydrogen) atoms. The maximum Gasteiger partial charge on any atom is 0.304 e. The number of halogens is 3. The third-order valence-corrected chi connectivity index (χ3v) is 6.75. The van der Waals surface area contributed by atoms with Crippen molar-refractivity contribution in [2.75, 3.05) is 26.2 Å². The summed E-state index contributed by atoms with van der Waals surface area (Å²) in [5.74, 6) is 0.911. The highest BCUT2D eigenvalue weighted by Crippen LogP contribution is 2.46. The first-order valence-corrected chi connectivity index (χ1v) is 10.9. The summed E-state index contributed by atoms with van der Waals surface area (Å²) in [6, 6.07) is 11.8. The van der Waals surface area contributed by atoms with E-state index < -0.39 is 5.97 Å². The number of hydrogen-bond donors (Lipinski definition) is 1. The van der Waals surface area contributed by atoms with Crippen molar-refractivity contribution in [3.05, 3.63) is 57.0 Å². The molecular formula is C22H24BrCl2NO4. The van der Waals surface area contributed by atoms with Crippen molar-refractivity contribution in [2.24, 2.45) is 0 Å². The molecule has 0 saturated carbocycles. The Kier molecular flexibility index (Phi) is 7.56. The largest absolute Gasteiger partial charge is 0.492 e. The molecule has 0 atom stereocenters. The minimum Gasteiger partial charge on any atom is -0.492 e. The van der Waals surface area contributed by atoms with Gasteiger partial charge in [0.2, 0.25) is 0 Å². The van der Waals surface area contributed by atoms with Gasteiger partial charge in [0.25, 0.3) is 0 Å². The van der Waals surface area contributed by atoms with E-state index in [0.717, 1.165) is 47.5 Å². The second-order valence-electron chi connectivity index (χ2n) is 7.74. The summed E-state index contributed by atoms with van der Waals surface area (Å²) in [5, 5.41) is 9.56. The van der Waals surface area contributed by atoms with Gasteiger partial charge in [-0.1, -0.05) is 33.6 Å². The first kappa shape index (κ1) is 23.2. The van der Waals surface area contributed by atoms with Crippen molar-refractivity contribution in [1.29, 1.82) is 0 Å². The normalized spacial score (nSPS) is 17.1. The molecule has 162 valence electrons. The van der Waals surface area contributed by atoms with E-state index in [1.807, 2.05) is 30.3 Å². The lowest BCUT2D eigenvalue weighted by atomic mass is 9.74. The Bertz CT molecular complexity index is 916. The molecule has 0 bridgehead atoms. The molecule has 2 aliphatic rings. The molecule has 1 N–H and O–H groups in total. The molecule has 2 aliphatic heterocycles. The van der Waals surface area contributed by atoms with Crippen LogP contribution in [0.3, 0.4) is 0 Å². The number of carbonyl (C=O) groups is 1. The summed E-state index contributed by atoms with van der Waals surface area (Å²) in [6.45, 7) is 3.48. The van der Waals surface area contributed by atoms with Crippen LogP contribution in [0.25, 0.3) is 0 Å². The molecule has 1 saturated heterocycles. The van der Waals surface area contributed by atoms with Crippen LogP contribution >= 0.6 is 39.9 Å². The van der Waals surface area contributed by atoms with Crippen LogP contribution in [-0.2, 0) is 16.8 Å². The van der Waals surface area contributed by atoms with E-state index >= 15 is 0 Å². The predicted molar refractivity (Wildman–Crippen MR) is 122 cm³/mol. The van der Waals surface area contributed by atoms with Crippen LogP contribution in [0, 0.1) is 0 Å². The molecule has 1 fully saturated rings. The fourth-order valence-corrected chi connectivity index (χ4v) is 4.71. The van der Waals surface area contributed by atoms with Crippen LogP contribution in [0.5, 0.6) is 11.5 Å². The van der Waals surface area contributed by atoms with E-state index in [-0.39, 0.29) is 24.2 Å². The molecule has 2 aromatic rings. The number of benzene rings is 2. The number of aliphatic carboxylic acids is 1. The third-order valence-electron chi connectivity index (χ3n) is 5.89. The molecule has 8 heteroatoms. The lowest BCUT2D eigenvalue weighted by molar-refractivity contribution is -0.137. The Balaban J connectivity index is 0.00000256. The fourth-order valence-electron chi connectivity index (χ4n) is 4.13. The smallest absolute Gasteiger partial charge is 0.304 e. The molecular weight excluding hydrogens is 493 g/mol. The summed E-state index contributed by atoms with van der Waals surface area (Å²) in [5.41, 5.74) is 2.19. The second kappa shape index (κ2) is 9.77. The predicted octanol–water partition coefficient (Wildman–Crippen LogP) is 5.30. The summed E-state index contributed by atoms with van der Waals surface area (Å²) in [4.78, 5) is 13.0. The Morgan fingerprint density at radius 1 is 1.23 bits per heavy atom. The van der Waals surface area contributed by atoms with Gasteiger partial charge in [0.1, 0.15) is 18.1 Å². The van der Waals surface area contributed by atoms with Gasteiger partial charge in [0.15, 0.2) is 0 Å². The maximum absolute atomic E-state index is 10.8. The number of hydrogen-bond acceptors (Lipinski definition) is 4. The van der Waals surface area contributed by atoms with Crippen molar-refractivity contribution in [1.82, 2.24) is 4.90 Å². The molecule has 0 unspecified atom stereocenters. The lowest BCUT2D eigenvalue weighted by Gasteiger charge is -2.38. The summed E-state index contributed by atoms with van der Waals surface area (Å²) >= 11 is 9.70. The molecule has 0 amide bonds. The maximum atomic E-state index is 10.8. The van der Waals surface area contributed by atoms with Gasteiger partial charge in [-0.3, -0.25) is 4.79 Å². The Labute approximate surface area is 195 Å². The first-order valence-electron chi connectivity index (χ1n) is 9.73. The quantitative estimate of drug-likeness (QED) is 0.564. The van der Waals surface area contributed by atoms with Gasteiger partial charge in [-0.15, -0.1) is 12.4 Å². The molecule has 2 heterocycles. The highest BCUT2D eigenvalue weighted by atomic mass is 79.9. The average Bonchev–Trinajstić information content (AvgIpc) is 3.06. The minimum absolute atomic E-state index is 0. The first-order chi connectivity index (χ1) is 13.9. The third kappa shape index (κ3) is 5.05. The van der Waals surface area contributed by atoms with Gasteiger partial charge in [0.05, 0.1) is 13.0 Å². The summed E-state index contributed by atoms with van der Waals surface area (Å²) in [6.07, 6.45) is 2.16. The molecule has 1 spiro atoms. The SMILES string of the molecule is Cl.O=C(O)CCN1CCC2(CC1)COc1cc(OCc3cc(Br)ccc3Cl)ccc12. The van der Waals surface area contributed by atoms with E-state index in [0.29, 0.717) is 24.8 Å². The highest BCUT2D eigenvalue weighted by Gasteiger charge is 2.43. The monoisotopic (exact) mass is 515 g/mol. The zero-order valence-electron chi connectivity index (χ0n) is 16.4. The van der Waals surface area contributed by atoms with E-state index in [1.165, 1.54) is 5.56 Å². The van der Waals surface area contributed by atoms with E-state index in [4.69, 9.17) is 26.2 Å². The molecule has 0 aliphatic carbocycles. The number of carboxylic acid groups (broad SMARTS) is 1. The van der Waals surface area contributed by atoms with Gasteiger partial charge in [-0.2, -0.15) is 0 Å². The van der Waals surface area contributed by atoms with Crippen LogP contribution < -0.4 is 9.47 Å². The summed E-state index contributed by atoms with van der Waals surface area (Å²) in [7, 11) is 0. The Morgan fingerprint density at radius 2 is 2.00 bits per heavy atom. The number of piperidine rings is 1. The molecule has 0 radical (unpaired) electrons. The standard InChI is InChI=1S/C22H23BrClNO4.ClH/c23-16-1-4-19(24)15(11-16)13-28-17-2-3-18-20(12-17)29-14-22(18)6-9-25(10-7-22)8-5-21(26)27;/h1-4,11-12H,5-10,13-14H2,(H,26,27);1H. The van der Waals surface area contributed by atoms with Crippen LogP contribution in [0.4, 0.5) is 0 Å². The molecule has 5 nitrogen and oxygen atoms in total. The van der Waals surface area contributed by atoms with E-state index in [1.54, 1.807) is 0 Å². The van der Waals surface area contributed by atoms with E-state index in [9.17, 15) is 4.79 Å². The molecule has 2 aromatic carbocycles. The lowest BCUT2D eigenvalue weighted by Crippen LogP contribution is -2.44. The molecule has 0 aromatic heterocycles. The number of ether oxygens (including phenoxy) is 2. The van der Waals surface area contributed by atoms with Gasteiger partial charge >= 0.3 is 5.97 Å². The summed E-state index contributed by atoms with van der Waals surface area (Å²) < 4.78 is 13.0. The zero-order chi connectivity index (χ0) is 20.4. The van der Waals surface area contributed by atoms with Crippen molar-refractivity contribution < 1.29 is 19.4 Å². The minimum atomic E-state index is -0.739. The zero-order valence-corrected chi connectivity index (χ0v) is 19.6. The van der Waals surface area contributed by atoms with Gasteiger partial charge in [-0.05, 0) is 50.2 Å². The van der Waals surface area contributed by atoms with Crippen molar-refractivity contribution in [2.45, 2.75) is 31.3 Å². The number of rotatable bonds is 6. The highest BCUT2D eigenvalue weighted by molar-refractivity contribution is 9.10. The van der Waals surface area contributed by atoms with Gasteiger partial charge in [-0.25, -0.2) is 0 Å². The van der Waals surface area contributed by atoms with Crippen LogP contribution in [0.1, 0.15) is 30.4 Å². The van der Waals surface area contributed by atoms with Crippen molar-refractivity contribution in [3.63, 3.8) is 0 Å². The number of nitrogens with zero attached hydrogens (tertiary/aromatic N) is 1. The number of fused-ring (bicyclic) bond motifs is 2. The average molecular weight is 517 g/mol. The Morgan fingerprint density at radius 3 is 2.73 bits per heavy atom. The fraction of sp³-hybridized carbons (Fsp3) is 0.409. The second-order valence-corrected chi connectivity index (χ2v) is 9.06. The van der Waals surface area contributed by atoms with Crippen LogP contribution in [0.15, 0.2) is 40.9 Å². The van der Waals surface area contributed by atoms with Crippen LogP contribution in [0.2, 0.25) is 5.02 Å². The van der Waals surface area contributed by atoms with Crippen molar-refractivity contribution >= 4 is 45.9 Å². The topological polar surface area (TPSA) is 59.0 Å². The van der Waals surface area contributed by atoms with Crippen LogP contribution in [-0.4, -0.2) is 42.2 Å². The Hall–Kier alpha value is -1.47.